The fourth-order valence-corrected chi connectivity index (χ4v) is 5.95. The summed E-state index contributed by atoms with van der Waals surface area (Å²) >= 11 is 0. The summed E-state index contributed by atoms with van der Waals surface area (Å²) in [5, 5.41) is 0.340. The van der Waals surface area contributed by atoms with Crippen LogP contribution in [0.25, 0.3) is 0 Å². The maximum atomic E-state index is 11.8. The van der Waals surface area contributed by atoms with E-state index in [0.717, 1.165) is 0 Å². The second-order valence-electron chi connectivity index (χ2n) is 7.06. The molecular formula is C12H30O3PSi2+. The van der Waals surface area contributed by atoms with Gasteiger partial charge in [0.05, 0.1) is 0 Å². The first-order chi connectivity index (χ1) is 7.99. The molecule has 0 N–H and O–H groups in total. The third kappa shape index (κ3) is 6.57. The Labute approximate surface area is 118 Å². The van der Waals surface area contributed by atoms with Crippen LogP contribution in [0.2, 0.25) is 10.1 Å². The van der Waals surface area contributed by atoms with Gasteiger partial charge in [-0.15, -0.1) is 0 Å². The smallest absolute Gasteiger partial charge is 0.184 e. The molecule has 0 rings (SSSR count). The van der Waals surface area contributed by atoms with Crippen LogP contribution in [0.15, 0.2) is 0 Å². The van der Waals surface area contributed by atoms with E-state index in [1.54, 1.807) is 0 Å². The van der Waals surface area contributed by atoms with Crippen molar-refractivity contribution in [3.8, 4) is 0 Å². The van der Waals surface area contributed by atoms with Gasteiger partial charge in [0.2, 0.25) is 19.5 Å². The van der Waals surface area contributed by atoms with E-state index in [1.807, 2.05) is 0 Å². The molecule has 0 saturated heterocycles. The maximum absolute atomic E-state index is 11.8. The third-order valence-electron chi connectivity index (χ3n) is 4.21. The zero-order valence-corrected chi connectivity index (χ0v) is 17.0. The second kappa shape index (κ2) is 7.29. The molecule has 0 aromatic rings. The van der Waals surface area contributed by atoms with E-state index in [1.165, 1.54) is 0 Å². The highest BCUT2D eigenvalue weighted by atomic mass is 31.1. The average Bonchev–Trinajstić information content (AvgIpc) is 2.23. The molecule has 3 nitrogen and oxygen atoms in total. The molecule has 108 valence electrons. The molecule has 0 heterocycles. The van der Waals surface area contributed by atoms with Crippen LogP contribution in [0.4, 0.5) is 0 Å². The van der Waals surface area contributed by atoms with Gasteiger partial charge < -0.3 is 0 Å². The summed E-state index contributed by atoms with van der Waals surface area (Å²) in [6.07, 6.45) is 0. The van der Waals surface area contributed by atoms with Crippen molar-refractivity contribution in [2.75, 3.05) is 0 Å². The first-order valence-electron chi connectivity index (χ1n) is 6.72. The average molecular weight is 310 g/mol. The van der Waals surface area contributed by atoms with Gasteiger partial charge in [-0.05, 0) is 21.9 Å². The van der Waals surface area contributed by atoms with Crippen molar-refractivity contribution in [2.24, 2.45) is 11.8 Å². The topological polar surface area (TPSA) is 35.5 Å². The Morgan fingerprint density at radius 1 is 0.833 bits per heavy atom. The van der Waals surface area contributed by atoms with Crippen LogP contribution in [0.3, 0.4) is 0 Å². The lowest BCUT2D eigenvalue weighted by molar-refractivity contribution is 0.378. The molecule has 0 fully saturated rings. The van der Waals surface area contributed by atoms with E-state index in [0.29, 0.717) is 11.8 Å². The van der Waals surface area contributed by atoms with Crippen LogP contribution >= 0.6 is 8.25 Å². The molecule has 0 saturated carbocycles. The van der Waals surface area contributed by atoms with Gasteiger partial charge >= 0.3 is 8.25 Å². The Morgan fingerprint density at radius 3 is 1.33 bits per heavy atom. The molecule has 0 aliphatic carbocycles. The van der Waals surface area contributed by atoms with E-state index in [2.05, 4.69) is 55.4 Å². The Balaban J connectivity index is 4.08. The van der Waals surface area contributed by atoms with E-state index >= 15 is 0 Å². The molecule has 0 aromatic carbocycles. The molecule has 0 unspecified atom stereocenters. The van der Waals surface area contributed by atoms with Crippen LogP contribution in [0.5, 0.6) is 0 Å². The Kier molecular flexibility index (Phi) is 7.48. The predicted molar refractivity (Wildman–Crippen MR) is 84.6 cm³/mol. The highest BCUT2D eigenvalue weighted by Gasteiger charge is 2.34. The second-order valence-corrected chi connectivity index (χ2v) is 13.8. The minimum Gasteiger partial charge on any atom is -0.184 e. The summed E-state index contributed by atoms with van der Waals surface area (Å²) in [6, 6.07) is 0. The fourth-order valence-electron chi connectivity index (χ4n) is 0.809. The molecule has 0 aliphatic rings. The van der Waals surface area contributed by atoms with Gasteiger partial charge in [-0.2, -0.15) is 8.43 Å². The SMILES string of the molecule is CC(C)C(C)(C)[SiH2]O[P+](=O)O[SiH2]C(C)(C)C(C)C. The summed E-state index contributed by atoms with van der Waals surface area (Å²) in [5.74, 6) is 1.11. The summed E-state index contributed by atoms with van der Waals surface area (Å²) in [6.45, 7) is 17.5. The largest absolute Gasteiger partial charge is 0.671 e. The molecule has 0 radical (unpaired) electrons. The molecule has 0 aromatic heterocycles. The highest BCUT2D eigenvalue weighted by molar-refractivity contribution is 7.36. The van der Waals surface area contributed by atoms with Crippen molar-refractivity contribution < 1.29 is 13.0 Å². The molecule has 6 heteroatoms. The minimum absolute atomic E-state index is 0.170. The van der Waals surface area contributed by atoms with Gasteiger partial charge in [-0.1, -0.05) is 55.4 Å². The van der Waals surface area contributed by atoms with Gasteiger partial charge in [-0.25, -0.2) is 0 Å². The maximum Gasteiger partial charge on any atom is 0.671 e. The summed E-state index contributed by atoms with van der Waals surface area (Å²) in [7, 11) is -3.54. The normalized spacial score (nSPS) is 15.8. The van der Waals surface area contributed by atoms with Crippen molar-refractivity contribution >= 4 is 27.8 Å². The van der Waals surface area contributed by atoms with E-state index in [9.17, 15) is 4.57 Å². The molecular weight excluding hydrogens is 279 g/mol. The number of rotatable bonds is 8. The molecule has 0 spiro atoms. The number of hydrogen-bond donors (Lipinski definition) is 0. The summed E-state index contributed by atoms with van der Waals surface area (Å²) in [5.41, 5.74) is 0. The monoisotopic (exact) mass is 309 g/mol. The van der Waals surface area contributed by atoms with Gasteiger partial charge in [-0.3, -0.25) is 0 Å². The van der Waals surface area contributed by atoms with Crippen LogP contribution < -0.4 is 0 Å². The standard InChI is InChI=1S/C12H30O3PSi2/c1-9(2)11(5,6)17-14-16(13)15-18-12(7,8)10(3)4/h9-10H,17-18H2,1-8H3/q+1. The molecule has 0 bridgehead atoms. The lowest BCUT2D eigenvalue weighted by atomic mass is 9.99. The van der Waals surface area contributed by atoms with Crippen LogP contribution in [-0.2, 0) is 13.0 Å². The summed E-state index contributed by atoms with van der Waals surface area (Å²) in [4.78, 5) is 0. The first-order valence-corrected chi connectivity index (χ1v) is 10.4. The van der Waals surface area contributed by atoms with Crippen LogP contribution in [0.1, 0.15) is 55.4 Å². The van der Waals surface area contributed by atoms with Gasteiger partial charge in [0.25, 0.3) is 0 Å². The molecule has 0 aliphatic heterocycles. The Hall–Kier alpha value is 0.454. The highest BCUT2D eigenvalue weighted by Crippen LogP contribution is 2.39. The minimum atomic E-state index is -1.89. The molecule has 0 amide bonds. The zero-order valence-electron chi connectivity index (χ0n) is 13.2. The lowest BCUT2D eigenvalue weighted by Crippen LogP contribution is -2.22. The number of hydrogen-bond acceptors (Lipinski definition) is 3. The van der Waals surface area contributed by atoms with E-state index in [4.69, 9.17) is 8.43 Å². The van der Waals surface area contributed by atoms with Crippen molar-refractivity contribution in [3.63, 3.8) is 0 Å². The van der Waals surface area contributed by atoms with Crippen molar-refractivity contribution in [2.45, 2.75) is 65.5 Å². The molecule has 18 heavy (non-hydrogen) atoms. The Bertz CT molecular complexity index is 252. The quantitative estimate of drug-likeness (QED) is 0.508. The van der Waals surface area contributed by atoms with E-state index in [-0.39, 0.29) is 10.1 Å². The summed E-state index contributed by atoms with van der Waals surface area (Å²) < 4.78 is 22.8. The van der Waals surface area contributed by atoms with Crippen LogP contribution in [-0.4, -0.2) is 19.5 Å². The zero-order chi connectivity index (χ0) is 14.6. The van der Waals surface area contributed by atoms with Crippen molar-refractivity contribution in [1.82, 2.24) is 0 Å². The van der Waals surface area contributed by atoms with Crippen molar-refractivity contribution in [1.29, 1.82) is 0 Å². The van der Waals surface area contributed by atoms with Gasteiger partial charge in [0, 0.05) is 4.57 Å². The van der Waals surface area contributed by atoms with Crippen molar-refractivity contribution in [3.05, 3.63) is 0 Å². The van der Waals surface area contributed by atoms with E-state index < -0.39 is 27.8 Å². The van der Waals surface area contributed by atoms with Crippen LogP contribution in [0, 0.1) is 11.8 Å². The fraction of sp³-hybridized carbons (Fsp3) is 1.00. The Morgan fingerprint density at radius 2 is 1.11 bits per heavy atom. The predicted octanol–water partition coefficient (Wildman–Crippen LogP) is 3.55. The molecule has 0 atom stereocenters. The lowest BCUT2D eigenvalue weighted by Gasteiger charge is -2.26. The van der Waals surface area contributed by atoms with Gasteiger partial charge in [0.15, 0.2) is 0 Å². The van der Waals surface area contributed by atoms with Gasteiger partial charge in [0.1, 0.15) is 0 Å². The first kappa shape index (κ1) is 18.5. The third-order valence-corrected chi connectivity index (χ3v) is 10.1.